The molecule has 2 aliphatic rings. The number of rotatable bonds is 7. The van der Waals surface area contributed by atoms with Crippen molar-refractivity contribution in [3.05, 3.63) is 23.3 Å². The number of hydrogen-bond donors (Lipinski definition) is 6. The Morgan fingerprint density at radius 3 is 2.67 bits per heavy atom. The molecule has 2 heterocycles. The Hall–Kier alpha value is -2.87. The molecule has 13 heteroatoms. The minimum absolute atomic E-state index is 0.0685. The fraction of sp³-hybridized carbons (Fsp3) is 0.471. The molecule has 1 saturated heterocycles. The first kappa shape index (κ1) is 21.8. The van der Waals surface area contributed by atoms with E-state index in [0.29, 0.717) is 18.3 Å². The first-order chi connectivity index (χ1) is 14.2. The SMILES string of the molecule is N[C@H](CO)C(=O)N[C@H](N)C(=O)N1CC(Oc2ccc3c(c2C(=O)O)OB(O)CC3)C1. The van der Waals surface area contributed by atoms with Gasteiger partial charge in [0, 0.05) is 0 Å². The molecular weight excluding hydrogens is 399 g/mol. The zero-order valence-electron chi connectivity index (χ0n) is 16.0. The predicted molar refractivity (Wildman–Crippen MR) is 103 cm³/mol. The van der Waals surface area contributed by atoms with E-state index >= 15 is 0 Å². The highest BCUT2D eigenvalue weighted by molar-refractivity contribution is 6.44. The molecule has 0 aromatic heterocycles. The Kier molecular flexibility index (Phi) is 6.46. The Morgan fingerprint density at radius 1 is 1.33 bits per heavy atom. The van der Waals surface area contributed by atoms with E-state index in [1.807, 2.05) is 0 Å². The molecule has 1 aromatic rings. The Morgan fingerprint density at radius 2 is 2.03 bits per heavy atom. The molecule has 12 nitrogen and oxygen atoms in total. The first-order valence-electron chi connectivity index (χ1n) is 9.33. The van der Waals surface area contributed by atoms with Crippen LogP contribution in [0, 0.1) is 0 Å². The van der Waals surface area contributed by atoms with Crippen molar-refractivity contribution >= 4 is 24.9 Å². The number of fused-ring (bicyclic) bond motifs is 1. The number of carbonyl (C=O) groups excluding carboxylic acids is 2. The van der Waals surface area contributed by atoms with Gasteiger partial charge in [0.2, 0.25) is 5.91 Å². The van der Waals surface area contributed by atoms with Gasteiger partial charge in [-0.25, -0.2) is 4.79 Å². The lowest BCUT2D eigenvalue weighted by Crippen LogP contribution is -2.64. The molecule has 2 amide bonds. The van der Waals surface area contributed by atoms with Crippen molar-refractivity contribution in [2.75, 3.05) is 19.7 Å². The molecule has 2 aliphatic heterocycles. The molecule has 3 rings (SSSR count). The fourth-order valence-corrected chi connectivity index (χ4v) is 3.19. The van der Waals surface area contributed by atoms with Crippen LogP contribution in [0.5, 0.6) is 11.5 Å². The largest absolute Gasteiger partial charge is 0.535 e. The van der Waals surface area contributed by atoms with Gasteiger partial charge in [0.25, 0.3) is 5.91 Å². The normalized spacial score (nSPS) is 17.9. The molecule has 0 saturated carbocycles. The zero-order chi connectivity index (χ0) is 22.0. The number of hydrogen-bond acceptors (Lipinski definition) is 9. The number of nitrogens with one attached hydrogen (secondary N) is 1. The van der Waals surface area contributed by atoms with Crippen molar-refractivity contribution in [1.29, 1.82) is 0 Å². The predicted octanol–water partition coefficient (Wildman–Crippen LogP) is -2.89. The number of carboxylic acid groups (broad SMARTS) is 1. The number of nitrogens with zero attached hydrogens (tertiary/aromatic N) is 1. The lowest BCUT2D eigenvalue weighted by Gasteiger charge is -2.40. The summed E-state index contributed by atoms with van der Waals surface area (Å²) in [5.74, 6) is -2.43. The molecule has 1 aromatic carbocycles. The Labute approximate surface area is 171 Å². The highest BCUT2D eigenvalue weighted by atomic mass is 16.5. The summed E-state index contributed by atoms with van der Waals surface area (Å²) < 4.78 is 11.0. The second-order valence-corrected chi connectivity index (χ2v) is 7.10. The Bertz CT molecular complexity index is 847. The summed E-state index contributed by atoms with van der Waals surface area (Å²) in [4.78, 5) is 36.9. The van der Waals surface area contributed by atoms with Gasteiger partial charge in [-0.1, -0.05) is 6.07 Å². The van der Waals surface area contributed by atoms with Gasteiger partial charge in [-0.05, 0) is 24.4 Å². The number of aromatic carboxylic acids is 1. The van der Waals surface area contributed by atoms with Crippen LogP contribution in [0.15, 0.2) is 12.1 Å². The molecule has 0 aliphatic carbocycles. The van der Waals surface area contributed by atoms with Crippen molar-refractivity contribution in [3.8, 4) is 11.5 Å². The van der Waals surface area contributed by atoms with Crippen molar-refractivity contribution in [2.45, 2.75) is 31.1 Å². The third-order valence-corrected chi connectivity index (χ3v) is 4.88. The van der Waals surface area contributed by atoms with Gasteiger partial charge in [-0.15, -0.1) is 0 Å². The number of likely N-dealkylation sites (tertiary alicyclic amines) is 1. The molecule has 0 bridgehead atoms. The van der Waals surface area contributed by atoms with E-state index in [0.717, 1.165) is 0 Å². The molecule has 8 N–H and O–H groups in total. The fourth-order valence-electron chi connectivity index (χ4n) is 3.19. The smallest absolute Gasteiger partial charge is 0.522 e. The van der Waals surface area contributed by atoms with Crippen LogP contribution >= 0.6 is 0 Å². The third kappa shape index (κ3) is 4.49. The van der Waals surface area contributed by atoms with Crippen LogP contribution in [0.1, 0.15) is 15.9 Å². The number of carboxylic acids is 1. The summed E-state index contributed by atoms with van der Waals surface area (Å²) in [7, 11) is -1.08. The summed E-state index contributed by atoms with van der Waals surface area (Å²) >= 11 is 0. The van der Waals surface area contributed by atoms with E-state index in [2.05, 4.69) is 5.32 Å². The lowest BCUT2D eigenvalue weighted by molar-refractivity contribution is -0.144. The lowest BCUT2D eigenvalue weighted by atomic mass is 9.78. The van der Waals surface area contributed by atoms with Crippen LogP contribution in [-0.2, 0) is 16.0 Å². The molecule has 1 fully saturated rings. The quantitative estimate of drug-likeness (QED) is 0.196. The number of ether oxygens (including phenoxy) is 1. The van der Waals surface area contributed by atoms with Gasteiger partial charge in [0.05, 0.1) is 19.7 Å². The van der Waals surface area contributed by atoms with Crippen molar-refractivity contribution < 1.29 is 39.0 Å². The number of aliphatic hydroxyl groups is 1. The van der Waals surface area contributed by atoms with Crippen molar-refractivity contribution in [2.24, 2.45) is 11.5 Å². The number of benzene rings is 1. The maximum atomic E-state index is 12.3. The van der Waals surface area contributed by atoms with Crippen molar-refractivity contribution in [1.82, 2.24) is 10.2 Å². The zero-order valence-corrected chi connectivity index (χ0v) is 16.0. The highest BCUT2D eigenvalue weighted by Crippen LogP contribution is 2.37. The molecule has 0 unspecified atom stereocenters. The average molecular weight is 422 g/mol. The molecule has 0 radical (unpaired) electrons. The number of aliphatic hydroxyl groups excluding tert-OH is 1. The van der Waals surface area contributed by atoms with E-state index in [-0.39, 0.29) is 30.2 Å². The third-order valence-electron chi connectivity index (χ3n) is 4.88. The topological polar surface area (TPSA) is 198 Å². The van der Waals surface area contributed by atoms with Crippen LogP contribution in [0.3, 0.4) is 0 Å². The minimum atomic E-state index is -1.33. The van der Waals surface area contributed by atoms with Crippen LogP contribution in [0.4, 0.5) is 0 Å². The van der Waals surface area contributed by atoms with Crippen LogP contribution in [0.25, 0.3) is 0 Å². The molecule has 2 atom stereocenters. The van der Waals surface area contributed by atoms with Gasteiger partial charge in [-0.3, -0.25) is 9.59 Å². The monoisotopic (exact) mass is 422 g/mol. The number of aryl methyl sites for hydroxylation is 1. The summed E-state index contributed by atoms with van der Waals surface area (Å²) in [6.07, 6.45) is -0.969. The van der Waals surface area contributed by atoms with Gasteiger partial charge in [0.15, 0.2) is 6.17 Å². The van der Waals surface area contributed by atoms with Gasteiger partial charge < -0.3 is 46.3 Å². The van der Waals surface area contributed by atoms with Gasteiger partial charge in [-0.2, -0.15) is 0 Å². The second-order valence-electron chi connectivity index (χ2n) is 7.10. The maximum absolute atomic E-state index is 12.3. The first-order valence-corrected chi connectivity index (χ1v) is 9.33. The van der Waals surface area contributed by atoms with E-state index < -0.39 is 49.8 Å². The van der Waals surface area contributed by atoms with Crippen LogP contribution in [0.2, 0.25) is 6.32 Å². The summed E-state index contributed by atoms with van der Waals surface area (Å²) in [6, 6.07) is 2.02. The molecular formula is C17H23BN4O8. The van der Waals surface area contributed by atoms with E-state index in [1.54, 1.807) is 6.07 Å². The van der Waals surface area contributed by atoms with E-state index in [1.165, 1.54) is 11.0 Å². The Balaban J connectivity index is 1.61. The van der Waals surface area contributed by atoms with Gasteiger partial charge >= 0.3 is 13.1 Å². The standard InChI is InChI=1S/C17H23BN4O8/c19-10(7-23)15(24)21-14(20)16(25)22-5-9(6-22)29-11-2-1-8-3-4-18(28)30-13(8)12(11)17(26)27/h1-2,9-10,14,23,28H,3-7,19-20H2,(H,21,24)(H,26,27)/t10-,14+/m1/s1. The average Bonchev–Trinajstić information content (AvgIpc) is 2.68. The number of carbonyl (C=O) groups is 3. The molecule has 162 valence electrons. The second kappa shape index (κ2) is 8.87. The van der Waals surface area contributed by atoms with E-state index in [9.17, 15) is 24.5 Å². The van der Waals surface area contributed by atoms with Crippen LogP contribution in [-0.4, -0.2) is 83.0 Å². The van der Waals surface area contributed by atoms with Gasteiger partial charge in [0.1, 0.15) is 29.2 Å². The van der Waals surface area contributed by atoms with E-state index in [4.69, 9.17) is 26.0 Å². The summed E-state index contributed by atoms with van der Waals surface area (Å²) in [5, 5.41) is 30.3. The number of nitrogens with two attached hydrogens (primary N) is 2. The summed E-state index contributed by atoms with van der Waals surface area (Å²) in [5.41, 5.74) is 11.5. The van der Waals surface area contributed by atoms with Crippen molar-refractivity contribution in [3.63, 3.8) is 0 Å². The maximum Gasteiger partial charge on any atom is 0.522 e. The molecule has 30 heavy (non-hydrogen) atoms. The summed E-state index contributed by atoms with van der Waals surface area (Å²) in [6.45, 7) is -0.317. The highest BCUT2D eigenvalue weighted by Gasteiger charge is 2.37. The van der Waals surface area contributed by atoms with Crippen LogP contribution < -0.4 is 26.2 Å². The molecule has 0 spiro atoms. The minimum Gasteiger partial charge on any atom is -0.535 e. The number of amides is 2.